The van der Waals surface area contributed by atoms with E-state index in [-0.39, 0.29) is 18.2 Å². The van der Waals surface area contributed by atoms with Gasteiger partial charge in [0.1, 0.15) is 11.8 Å². The summed E-state index contributed by atoms with van der Waals surface area (Å²) in [7, 11) is 1.62. The molecule has 8 nitrogen and oxygen atoms in total. The van der Waals surface area contributed by atoms with Crippen LogP contribution in [0.2, 0.25) is 0 Å². The number of aromatic nitrogens is 1. The Labute approximate surface area is 173 Å². The molecule has 1 atom stereocenters. The molecule has 154 valence electrons. The van der Waals surface area contributed by atoms with Crippen molar-refractivity contribution in [1.29, 1.82) is 0 Å². The highest BCUT2D eigenvalue weighted by molar-refractivity contribution is 6.10. The standard InChI is InChI=1S/C22H22N4O4/c1-30-14-6-7-17-16(10-14)13(12-24-17)8-9-23-20(27)11-19-22(29)25-18-5-3-2-4-15(18)21(28)26-19/h2-7,10,12,19,24H,8-9,11H2,1H3,(H,23,27)(H,25,29)(H,26,28). The zero-order chi connectivity index (χ0) is 21.1. The van der Waals surface area contributed by atoms with Crippen LogP contribution in [0.15, 0.2) is 48.7 Å². The van der Waals surface area contributed by atoms with Gasteiger partial charge in [-0.05, 0) is 42.3 Å². The Kier molecular flexibility index (Phi) is 5.38. The van der Waals surface area contributed by atoms with Crippen LogP contribution in [0.4, 0.5) is 5.69 Å². The van der Waals surface area contributed by atoms with Crippen LogP contribution < -0.4 is 20.7 Å². The third kappa shape index (κ3) is 3.98. The van der Waals surface area contributed by atoms with Crippen LogP contribution in [0.5, 0.6) is 5.75 Å². The molecule has 2 aromatic carbocycles. The molecule has 4 rings (SSSR count). The molecule has 1 aliphatic rings. The summed E-state index contributed by atoms with van der Waals surface area (Å²) in [5.74, 6) is -0.330. The molecule has 0 spiro atoms. The summed E-state index contributed by atoms with van der Waals surface area (Å²) in [5, 5.41) is 9.19. The van der Waals surface area contributed by atoms with Gasteiger partial charge in [-0.15, -0.1) is 0 Å². The topological polar surface area (TPSA) is 112 Å². The Bertz CT molecular complexity index is 1120. The van der Waals surface area contributed by atoms with Crippen molar-refractivity contribution in [3.63, 3.8) is 0 Å². The Morgan fingerprint density at radius 3 is 2.83 bits per heavy atom. The van der Waals surface area contributed by atoms with E-state index in [1.807, 2.05) is 24.4 Å². The van der Waals surface area contributed by atoms with E-state index >= 15 is 0 Å². The van der Waals surface area contributed by atoms with Crippen LogP contribution in [0, 0.1) is 0 Å². The molecule has 3 aromatic rings. The minimum atomic E-state index is -0.928. The highest BCUT2D eigenvalue weighted by atomic mass is 16.5. The summed E-state index contributed by atoms with van der Waals surface area (Å²) in [6.07, 6.45) is 2.40. The van der Waals surface area contributed by atoms with Gasteiger partial charge in [-0.3, -0.25) is 14.4 Å². The fourth-order valence-corrected chi connectivity index (χ4v) is 3.54. The van der Waals surface area contributed by atoms with Gasteiger partial charge in [-0.1, -0.05) is 12.1 Å². The average Bonchev–Trinajstić information content (AvgIpc) is 3.10. The first-order chi connectivity index (χ1) is 14.5. The summed E-state index contributed by atoms with van der Waals surface area (Å²) in [5.41, 5.74) is 2.87. The van der Waals surface area contributed by atoms with Gasteiger partial charge >= 0.3 is 0 Å². The highest BCUT2D eigenvalue weighted by Gasteiger charge is 2.29. The number of ether oxygens (including phenoxy) is 1. The minimum Gasteiger partial charge on any atom is -0.497 e. The molecular formula is C22H22N4O4. The van der Waals surface area contributed by atoms with Crippen molar-refractivity contribution in [2.75, 3.05) is 19.0 Å². The smallest absolute Gasteiger partial charge is 0.254 e. The van der Waals surface area contributed by atoms with Gasteiger partial charge < -0.3 is 25.7 Å². The molecule has 0 saturated heterocycles. The lowest BCUT2D eigenvalue weighted by molar-refractivity contribution is -0.125. The molecule has 0 saturated carbocycles. The second-order valence-electron chi connectivity index (χ2n) is 7.09. The molecule has 1 unspecified atom stereocenters. The lowest BCUT2D eigenvalue weighted by Crippen LogP contribution is -2.44. The SMILES string of the molecule is COc1ccc2[nH]cc(CCNC(=O)CC3NC(=O)c4ccccc4NC3=O)c2c1. The van der Waals surface area contributed by atoms with Gasteiger partial charge in [-0.25, -0.2) is 0 Å². The lowest BCUT2D eigenvalue weighted by Gasteiger charge is -2.14. The Morgan fingerprint density at radius 1 is 1.17 bits per heavy atom. The Hall–Kier alpha value is -3.81. The van der Waals surface area contributed by atoms with Crippen molar-refractivity contribution in [2.45, 2.75) is 18.9 Å². The summed E-state index contributed by atoms with van der Waals surface area (Å²) >= 11 is 0. The molecule has 2 heterocycles. The fraction of sp³-hybridized carbons (Fsp3) is 0.227. The number of anilines is 1. The molecule has 4 N–H and O–H groups in total. The van der Waals surface area contributed by atoms with Crippen molar-refractivity contribution in [3.05, 3.63) is 59.8 Å². The zero-order valence-corrected chi connectivity index (χ0v) is 16.5. The number of nitrogens with one attached hydrogen (secondary N) is 4. The van der Waals surface area contributed by atoms with E-state index in [9.17, 15) is 14.4 Å². The number of para-hydroxylation sites is 1. The van der Waals surface area contributed by atoms with Crippen LogP contribution >= 0.6 is 0 Å². The maximum Gasteiger partial charge on any atom is 0.254 e. The molecule has 8 heteroatoms. The maximum absolute atomic E-state index is 12.4. The normalized spacial score (nSPS) is 15.7. The number of aromatic amines is 1. The van der Waals surface area contributed by atoms with Crippen LogP contribution in [-0.4, -0.2) is 42.4 Å². The number of benzene rings is 2. The van der Waals surface area contributed by atoms with Crippen LogP contribution in [-0.2, 0) is 16.0 Å². The number of hydrogen-bond donors (Lipinski definition) is 4. The Morgan fingerprint density at radius 2 is 2.00 bits per heavy atom. The van der Waals surface area contributed by atoms with E-state index in [2.05, 4.69) is 20.9 Å². The predicted octanol–water partition coefficient (Wildman–Crippen LogP) is 1.98. The largest absolute Gasteiger partial charge is 0.497 e. The highest BCUT2D eigenvalue weighted by Crippen LogP contribution is 2.24. The third-order valence-corrected chi connectivity index (χ3v) is 5.13. The summed E-state index contributed by atoms with van der Waals surface area (Å²) < 4.78 is 5.27. The van der Waals surface area contributed by atoms with Crippen molar-refractivity contribution < 1.29 is 19.1 Å². The molecule has 0 aliphatic carbocycles. The van der Waals surface area contributed by atoms with Gasteiger partial charge in [0, 0.05) is 23.6 Å². The number of fused-ring (bicyclic) bond motifs is 2. The van der Waals surface area contributed by atoms with Gasteiger partial charge in [0.15, 0.2) is 0 Å². The fourth-order valence-electron chi connectivity index (χ4n) is 3.54. The van der Waals surface area contributed by atoms with E-state index < -0.39 is 11.9 Å². The predicted molar refractivity (Wildman–Crippen MR) is 113 cm³/mol. The first kappa shape index (κ1) is 19.5. The number of amides is 3. The number of H-pyrrole nitrogens is 1. The molecule has 30 heavy (non-hydrogen) atoms. The summed E-state index contributed by atoms with van der Waals surface area (Å²) in [6.45, 7) is 0.408. The average molecular weight is 406 g/mol. The van der Waals surface area contributed by atoms with E-state index in [1.54, 1.807) is 31.4 Å². The second kappa shape index (κ2) is 8.28. The minimum absolute atomic E-state index is 0.132. The quantitative estimate of drug-likeness (QED) is 0.501. The Balaban J connectivity index is 1.34. The molecular weight excluding hydrogens is 384 g/mol. The molecule has 0 fully saturated rings. The first-order valence-corrected chi connectivity index (χ1v) is 9.66. The van der Waals surface area contributed by atoms with Crippen molar-refractivity contribution in [1.82, 2.24) is 15.6 Å². The van der Waals surface area contributed by atoms with Crippen LogP contribution in [0.3, 0.4) is 0 Å². The lowest BCUT2D eigenvalue weighted by atomic mass is 10.1. The van der Waals surface area contributed by atoms with E-state index in [0.29, 0.717) is 24.2 Å². The van der Waals surface area contributed by atoms with Gasteiger partial charge in [-0.2, -0.15) is 0 Å². The van der Waals surface area contributed by atoms with E-state index in [0.717, 1.165) is 22.2 Å². The van der Waals surface area contributed by atoms with Gasteiger partial charge in [0.05, 0.1) is 24.8 Å². The number of carbonyl (C=O) groups is 3. The molecule has 3 amide bonds. The summed E-state index contributed by atoms with van der Waals surface area (Å²) in [4.78, 5) is 40.3. The third-order valence-electron chi connectivity index (χ3n) is 5.13. The number of hydrogen-bond acceptors (Lipinski definition) is 4. The van der Waals surface area contributed by atoms with Gasteiger partial charge in [0.25, 0.3) is 5.91 Å². The number of carbonyl (C=O) groups excluding carboxylic acids is 3. The second-order valence-corrected chi connectivity index (χ2v) is 7.09. The van der Waals surface area contributed by atoms with Crippen LogP contribution in [0.1, 0.15) is 22.3 Å². The van der Waals surface area contributed by atoms with E-state index in [1.165, 1.54) is 0 Å². The molecule has 1 aromatic heterocycles. The maximum atomic E-state index is 12.4. The molecule has 1 aliphatic heterocycles. The van der Waals surface area contributed by atoms with Crippen molar-refractivity contribution >= 4 is 34.3 Å². The van der Waals surface area contributed by atoms with Gasteiger partial charge in [0.2, 0.25) is 11.8 Å². The van der Waals surface area contributed by atoms with Crippen molar-refractivity contribution in [2.24, 2.45) is 0 Å². The zero-order valence-electron chi connectivity index (χ0n) is 16.5. The van der Waals surface area contributed by atoms with Crippen LogP contribution in [0.25, 0.3) is 10.9 Å². The number of rotatable bonds is 6. The summed E-state index contributed by atoms with van der Waals surface area (Å²) in [6, 6.07) is 11.6. The first-order valence-electron chi connectivity index (χ1n) is 9.66. The molecule has 0 radical (unpaired) electrons. The van der Waals surface area contributed by atoms with E-state index in [4.69, 9.17) is 4.74 Å². The van der Waals surface area contributed by atoms with Crippen molar-refractivity contribution in [3.8, 4) is 5.75 Å². The monoisotopic (exact) mass is 406 g/mol. The molecule has 0 bridgehead atoms. The number of methoxy groups -OCH3 is 1.